The minimum atomic E-state index is -1.03. The number of aromatic nitrogens is 2. The summed E-state index contributed by atoms with van der Waals surface area (Å²) in [5.41, 5.74) is -0.334. The Hall–Kier alpha value is -2.16. The maximum atomic E-state index is 13.0. The fourth-order valence-corrected chi connectivity index (χ4v) is 2.40. The highest BCUT2D eigenvalue weighted by atomic mass is 32.2. The van der Waals surface area contributed by atoms with Crippen molar-refractivity contribution in [3.05, 3.63) is 40.3 Å². The molecule has 2 aromatic rings. The minimum Gasteiger partial charge on any atom is -0.326 e. The molecular weight excluding hydrogens is 304 g/mol. The highest BCUT2D eigenvalue weighted by Crippen LogP contribution is 2.14. The second-order valence-electron chi connectivity index (χ2n) is 4.12. The average Bonchev–Trinajstić information content (AvgIpc) is 2.74. The zero-order valence-electron chi connectivity index (χ0n) is 11.0. The van der Waals surface area contributed by atoms with Crippen LogP contribution >= 0.6 is 11.8 Å². The molecule has 0 aliphatic carbocycles. The molecule has 112 valence electrons. The predicted octanol–water partition coefficient (Wildman–Crippen LogP) is 1.19. The van der Waals surface area contributed by atoms with Crippen molar-refractivity contribution in [1.82, 2.24) is 5.27 Å². The van der Waals surface area contributed by atoms with Crippen LogP contribution in [-0.4, -0.2) is 16.9 Å². The summed E-state index contributed by atoms with van der Waals surface area (Å²) in [6, 6.07) is 3.11. The lowest BCUT2D eigenvalue weighted by molar-refractivity contribution is -0.772. The van der Waals surface area contributed by atoms with Gasteiger partial charge in [-0.2, -0.15) is 0 Å². The summed E-state index contributed by atoms with van der Waals surface area (Å²) in [5.74, 6) is -2.03. The number of benzene rings is 1. The molecule has 2 N–H and O–H groups in total. The van der Waals surface area contributed by atoms with Gasteiger partial charge in [0.15, 0.2) is 18.7 Å². The molecule has 1 aromatic carbocycles. The Balaban J connectivity index is 1.85. The predicted molar refractivity (Wildman–Crippen MR) is 70.8 cm³/mol. The quantitative estimate of drug-likeness (QED) is 0.641. The summed E-state index contributed by atoms with van der Waals surface area (Å²) in [4.78, 5) is 22.9. The topological polar surface area (TPSA) is 79.0 Å². The molecule has 0 fully saturated rings. The molecule has 0 aliphatic heterocycles. The second-order valence-corrected chi connectivity index (χ2v) is 5.20. The fourth-order valence-electron chi connectivity index (χ4n) is 1.53. The fraction of sp³-hybridized carbons (Fsp3) is 0.250. The van der Waals surface area contributed by atoms with E-state index in [1.807, 2.05) is 0 Å². The van der Waals surface area contributed by atoms with Crippen molar-refractivity contribution in [1.29, 1.82) is 0 Å². The number of nitrogens with one attached hydrogen (secondary N) is 2. The molecule has 1 aromatic heterocycles. The molecule has 1 heterocycles. The monoisotopic (exact) mass is 316 g/mol. The molecule has 0 saturated carbocycles. The third kappa shape index (κ3) is 3.91. The molecule has 0 bridgehead atoms. The number of carbonyl (C=O) groups excluding carboxylic acids is 1. The Labute approximate surface area is 122 Å². The lowest BCUT2D eigenvalue weighted by atomic mass is 10.3. The zero-order chi connectivity index (χ0) is 15.4. The third-order valence-electron chi connectivity index (χ3n) is 2.53. The van der Waals surface area contributed by atoms with E-state index in [0.29, 0.717) is 10.8 Å². The van der Waals surface area contributed by atoms with Gasteiger partial charge in [0.05, 0.1) is 0 Å². The van der Waals surface area contributed by atoms with Crippen LogP contribution in [0.3, 0.4) is 0 Å². The van der Waals surface area contributed by atoms with Gasteiger partial charge in [-0.25, -0.2) is 13.6 Å². The number of hydrogen-bond acceptors (Lipinski definition) is 4. The summed E-state index contributed by atoms with van der Waals surface area (Å²) >= 11 is 1.16. The SMILES string of the molecule is C[n+]1[nH]oc(=O)c1SCCC(=O)Nc1ccc(F)c(F)c1. The third-order valence-corrected chi connectivity index (χ3v) is 3.65. The molecular formula is C12H12F2N3O3S+. The molecule has 2 rings (SSSR count). The normalized spacial score (nSPS) is 10.6. The molecule has 21 heavy (non-hydrogen) atoms. The van der Waals surface area contributed by atoms with E-state index in [9.17, 15) is 18.4 Å². The summed E-state index contributed by atoms with van der Waals surface area (Å²) < 4.78 is 31.7. The number of amides is 1. The van der Waals surface area contributed by atoms with Crippen molar-refractivity contribution >= 4 is 23.4 Å². The Morgan fingerprint density at radius 1 is 1.43 bits per heavy atom. The molecule has 0 unspecified atom stereocenters. The maximum Gasteiger partial charge on any atom is 0.441 e. The van der Waals surface area contributed by atoms with Gasteiger partial charge >= 0.3 is 10.7 Å². The van der Waals surface area contributed by atoms with Gasteiger partial charge in [-0.15, -0.1) is 0 Å². The standard InChI is InChI=1S/C12H11F2N3O3S/c1-17-11(12(19)20-16-17)21-5-4-10(18)15-7-2-3-8(13)9(14)6-7/h2-3,6H,4-5H2,1H3,(H-,15,16,18,19)/p+1. The molecule has 6 nitrogen and oxygen atoms in total. The molecule has 0 radical (unpaired) electrons. The number of carbonyl (C=O) groups is 1. The first kappa shape index (κ1) is 15.2. The Bertz CT molecular complexity index is 714. The van der Waals surface area contributed by atoms with Crippen molar-refractivity contribution in [2.24, 2.45) is 7.05 Å². The molecule has 9 heteroatoms. The highest BCUT2D eigenvalue weighted by molar-refractivity contribution is 7.99. The highest BCUT2D eigenvalue weighted by Gasteiger charge is 2.18. The van der Waals surface area contributed by atoms with E-state index in [0.717, 1.165) is 23.9 Å². The zero-order valence-corrected chi connectivity index (χ0v) is 11.8. The van der Waals surface area contributed by atoms with Gasteiger partial charge in [0.1, 0.15) is 0 Å². The van der Waals surface area contributed by atoms with E-state index >= 15 is 0 Å². The van der Waals surface area contributed by atoms with Crippen LogP contribution in [0.15, 0.2) is 32.5 Å². The van der Waals surface area contributed by atoms with Crippen LogP contribution < -0.4 is 15.6 Å². The van der Waals surface area contributed by atoms with E-state index in [4.69, 9.17) is 0 Å². The first-order valence-corrected chi connectivity index (χ1v) is 6.91. The van der Waals surface area contributed by atoms with Crippen LogP contribution in [0, 0.1) is 11.6 Å². The number of nitrogens with zero attached hydrogens (tertiary/aromatic N) is 1. The number of rotatable bonds is 5. The van der Waals surface area contributed by atoms with Crippen LogP contribution in [0.1, 0.15) is 6.42 Å². The van der Waals surface area contributed by atoms with E-state index < -0.39 is 17.3 Å². The first-order valence-electron chi connectivity index (χ1n) is 5.92. The van der Waals surface area contributed by atoms with Gasteiger partial charge in [-0.05, 0) is 29.2 Å². The van der Waals surface area contributed by atoms with Gasteiger partial charge < -0.3 is 5.32 Å². The smallest absolute Gasteiger partial charge is 0.326 e. The van der Waals surface area contributed by atoms with E-state index in [-0.39, 0.29) is 18.0 Å². The summed E-state index contributed by atoms with van der Waals surface area (Å²) in [5, 5.41) is 5.14. The Morgan fingerprint density at radius 2 is 2.19 bits per heavy atom. The lowest BCUT2D eigenvalue weighted by Crippen LogP contribution is -2.33. The summed E-state index contributed by atoms with van der Waals surface area (Å²) in [6.45, 7) is 0. The maximum absolute atomic E-state index is 13.0. The lowest BCUT2D eigenvalue weighted by Gasteiger charge is -2.04. The van der Waals surface area contributed by atoms with Crippen LogP contribution in [0.5, 0.6) is 0 Å². The average molecular weight is 316 g/mol. The van der Waals surface area contributed by atoms with Crippen LogP contribution in [-0.2, 0) is 11.8 Å². The van der Waals surface area contributed by atoms with Gasteiger partial charge in [-0.3, -0.25) is 9.32 Å². The number of aromatic amines is 1. The molecule has 0 atom stereocenters. The van der Waals surface area contributed by atoms with E-state index in [2.05, 4.69) is 15.1 Å². The van der Waals surface area contributed by atoms with Crippen molar-refractivity contribution in [3.8, 4) is 0 Å². The number of hydrogen-bond donors (Lipinski definition) is 2. The number of halogens is 2. The van der Waals surface area contributed by atoms with Gasteiger partial charge in [-0.1, -0.05) is 4.68 Å². The van der Waals surface area contributed by atoms with Crippen LogP contribution in [0.4, 0.5) is 14.5 Å². The Kier molecular flexibility index (Phi) is 4.73. The molecule has 0 saturated heterocycles. The van der Waals surface area contributed by atoms with Crippen molar-refractivity contribution in [2.45, 2.75) is 11.4 Å². The summed E-state index contributed by atoms with van der Waals surface area (Å²) in [7, 11) is 1.61. The second kappa shape index (κ2) is 6.53. The minimum absolute atomic E-state index is 0.105. The van der Waals surface area contributed by atoms with Crippen molar-refractivity contribution in [2.75, 3.05) is 11.1 Å². The largest absolute Gasteiger partial charge is 0.441 e. The van der Waals surface area contributed by atoms with Gasteiger partial charge in [0.2, 0.25) is 5.91 Å². The number of anilines is 1. The Morgan fingerprint density at radius 3 is 2.81 bits per heavy atom. The summed E-state index contributed by atoms with van der Waals surface area (Å²) in [6.07, 6.45) is 0.105. The van der Waals surface area contributed by atoms with Crippen LogP contribution in [0.2, 0.25) is 0 Å². The van der Waals surface area contributed by atoms with E-state index in [1.54, 1.807) is 7.05 Å². The van der Waals surface area contributed by atoms with Gasteiger partial charge in [0, 0.05) is 23.9 Å². The van der Waals surface area contributed by atoms with Gasteiger partial charge in [0.25, 0.3) is 0 Å². The van der Waals surface area contributed by atoms with Crippen LogP contribution in [0.25, 0.3) is 0 Å². The van der Waals surface area contributed by atoms with E-state index in [1.165, 1.54) is 10.7 Å². The van der Waals surface area contributed by atoms with Crippen molar-refractivity contribution in [3.63, 3.8) is 0 Å². The first-order chi connectivity index (χ1) is 9.97. The molecule has 0 aliphatic rings. The van der Waals surface area contributed by atoms with Crippen molar-refractivity contribution < 1.29 is 22.8 Å². The molecule has 1 amide bonds. The number of thioether (sulfide) groups is 1. The number of H-pyrrole nitrogens is 1. The molecule has 0 spiro atoms. The number of aryl methyl sites for hydroxylation is 1.